The van der Waals surface area contributed by atoms with Gasteiger partial charge in [0.15, 0.2) is 0 Å². The van der Waals surface area contributed by atoms with Crippen molar-refractivity contribution in [2.24, 2.45) is 17.3 Å². The Balaban J connectivity index is 1.63. The van der Waals surface area contributed by atoms with Gasteiger partial charge in [0.2, 0.25) is 0 Å². The molecule has 1 amide bonds. The molecule has 3 aliphatic rings. The maximum absolute atomic E-state index is 12.3. The van der Waals surface area contributed by atoms with Crippen molar-refractivity contribution in [2.75, 3.05) is 13.1 Å². The molecule has 0 radical (unpaired) electrons. The molecule has 23 heavy (non-hydrogen) atoms. The molecule has 1 heterocycles. The summed E-state index contributed by atoms with van der Waals surface area (Å²) in [5.74, 6) is 1.49. The first-order chi connectivity index (χ1) is 10.8. The van der Waals surface area contributed by atoms with Gasteiger partial charge in [0.25, 0.3) is 0 Å². The van der Waals surface area contributed by atoms with Crippen LogP contribution in [0.5, 0.6) is 0 Å². The lowest BCUT2D eigenvalue weighted by Crippen LogP contribution is -2.40. The average Bonchev–Trinajstić information content (AvgIpc) is 3.11. The lowest BCUT2D eigenvalue weighted by atomic mass is 9.62. The molecule has 1 unspecified atom stereocenters. The molecule has 0 aromatic rings. The number of aliphatic hydroxyl groups is 1. The minimum Gasteiger partial charge on any atom is -0.444 e. The zero-order valence-corrected chi connectivity index (χ0v) is 15.0. The first kappa shape index (κ1) is 17.1. The van der Waals surface area contributed by atoms with Gasteiger partial charge in [-0.25, -0.2) is 4.79 Å². The fourth-order valence-electron chi connectivity index (χ4n) is 4.61. The Morgan fingerprint density at radius 3 is 2.39 bits per heavy atom. The van der Waals surface area contributed by atoms with Gasteiger partial charge < -0.3 is 14.7 Å². The molecule has 132 valence electrons. The third kappa shape index (κ3) is 4.20. The van der Waals surface area contributed by atoms with E-state index in [1.54, 1.807) is 0 Å². The first-order valence-corrected chi connectivity index (χ1v) is 9.43. The summed E-state index contributed by atoms with van der Waals surface area (Å²) in [6, 6.07) is 0. The minimum absolute atomic E-state index is 0.106. The van der Waals surface area contributed by atoms with Gasteiger partial charge in [-0.15, -0.1) is 0 Å². The van der Waals surface area contributed by atoms with Crippen molar-refractivity contribution in [3.8, 4) is 0 Å². The van der Waals surface area contributed by atoms with E-state index in [0.29, 0.717) is 11.3 Å². The number of aliphatic hydroxyl groups excluding tert-OH is 1. The Labute approximate surface area is 140 Å². The Morgan fingerprint density at radius 2 is 1.83 bits per heavy atom. The van der Waals surface area contributed by atoms with Crippen molar-refractivity contribution < 1.29 is 14.6 Å². The van der Waals surface area contributed by atoms with Gasteiger partial charge in [0.05, 0.1) is 6.10 Å². The van der Waals surface area contributed by atoms with E-state index in [9.17, 15) is 9.90 Å². The van der Waals surface area contributed by atoms with Crippen LogP contribution >= 0.6 is 0 Å². The molecule has 0 aromatic heterocycles. The van der Waals surface area contributed by atoms with E-state index < -0.39 is 5.60 Å². The number of hydrogen-bond donors (Lipinski definition) is 1. The quantitative estimate of drug-likeness (QED) is 0.855. The standard InChI is InChI=1S/C19H33NO3/c1-18(2,3)23-17(22)20-11-8-15(13-20)19(12-14-4-5-14)9-6-16(21)7-10-19/h14-16,21H,4-13H2,1-3H3. The smallest absolute Gasteiger partial charge is 0.410 e. The number of hydrogen-bond acceptors (Lipinski definition) is 3. The number of ether oxygens (including phenoxy) is 1. The number of likely N-dealkylation sites (tertiary alicyclic amines) is 1. The Bertz CT molecular complexity index is 430. The molecule has 3 rings (SSSR count). The van der Waals surface area contributed by atoms with Crippen molar-refractivity contribution in [1.82, 2.24) is 4.90 Å². The second-order valence-corrected chi connectivity index (χ2v) is 9.15. The van der Waals surface area contributed by atoms with Crippen molar-refractivity contribution >= 4 is 6.09 Å². The van der Waals surface area contributed by atoms with E-state index in [1.807, 2.05) is 25.7 Å². The van der Waals surface area contributed by atoms with E-state index in [0.717, 1.165) is 51.1 Å². The highest BCUT2D eigenvalue weighted by atomic mass is 16.6. The molecule has 2 saturated carbocycles. The third-order valence-corrected chi connectivity index (χ3v) is 6.05. The molecule has 0 spiro atoms. The fourth-order valence-corrected chi connectivity index (χ4v) is 4.61. The maximum atomic E-state index is 12.3. The topological polar surface area (TPSA) is 49.8 Å². The van der Waals surface area contributed by atoms with Gasteiger partial charge in [-0.05, 0) is 76.5 Å². The second kappa shape index (κ2) is 6.27. The third-order valence-electron chi connectivity index (χ3n) is 6.05. The molecule has 1 atom stereocenters. The number of carbonyl (C=O) groups is 1. The molecule has 1 N–H and O–H groups in total. The van der Waals surface area contributed by atoms with Crippen molar-refractivity contribution in [3.63, 3.8) is 0 Å². The molecule has 4 heteroatoms. The average molecular weight is 323 g/mol. The van der Waals surface area contributed by atoms with Gasteiger partial charge in [-0.3, -0.25) is 0 Å². The summed E-state index contributed by atoms with van der Waals surface area (Å²) in [5.41, 5.74) is -0.0625. The van der Waals surface area contributed by atoms with E-state index in [1.165, 1.54) is 19.3 Å². The van der Waals surface area contributed by atoms with Crippen LogP contribution in [0.4, 0.5) is 4.79 Å². The summed E-state index contributed by atoms with van der Waals surface area (Å²) < 4.78 is 5.55. The second-order valence-electron chi connectivity index (χ2n) is 9.15. The van der Waals surface area contributed by atoms with Crippen molar-refractivity contribution in [1.29, 1.82) is 0 Å². The van der Waals surface area contributed by atoms with E-state index in [2.05, 4.69) is 0 Å². The van der Waals surface area contributed by atoms with E-state index >= 15 is 0 Å². The van der Waals surface area contributed by atoms with Crippen LogP contribution in [-0.2, 0) is 4.74 Å². The van der Waals surface area contributed by atoms with Crippen molar-refractivity contribution in [3.05, 3.63) is 0 Å². The highest BCUT2D eigenvalue weighted by Gasteiger charge is 2.47. The van der Waals surface area contributed by atoms with E-state index in [4.69, 9.17) is 4.74 Å². The van der Waals surface area contributed by atoms with Crippen LogP contribution in [-0.4, -0.2) is 40.9 Å². The van der Waals surface area contributed by atoms with Crippen LogP contribution in [0.25, 0.3) is 0 Å². The summed E-state index contributed by atoms with van der Waals surface area (Å²) in [4.78, 5) is 14.3. The highest BCUT2D eigenvalue weighted by Crippen LogP contribution is 2.54. The van der Waals surface area contributed by atoms with Crippen LogP contribution in [0.2, 0.25) is 0 Å². The van der Waals surface area contributed by atoms with Gasteiger partial charge in [0, 0.05) is 13.1 Å². The minimum atomic E-state index is -0.421. The molecule has 2 aliphatic carbocycles. The monoisotopic (exact) mass is 323 g/mol. The van der Waals surface area contributed by atoms with Gasteiger partial charge in [-0.2, -0.15) is 0 Å². The maximum Gasteiger partial charge on any atom is 0.410 e. The summed E-state index contributed by atoms with van der Waals surface area (Å²) in [6.07, 6.45) is 9.07. The van der Waals surface area contributed by atoms with Crippen LogP contribution < -0.4 is 0 Å². The van der Waals surface area contributed by atoms with Crippen LogP contribution in [0, 0.1) is 17.3 Å². The molecule has 0 aromatic carbocycles. The van der Waals surface area contributed by atoms with Crippen LogP contribution in [0.1, 0.15) is 72.1 Å². The molecule has 3 fully saturated rings. The fraction of sp³-hybridized carbons (Fsp3) is 0.947. The zero-order chi connectivity index (χ0) is 16.7. The Kier molecular flexibility index (Phi) is 4.65. The first-order valence-electron chi connectivity index (χ1n) is 9.43. The largest absolute Gasteiger partial charge is 0.444 e. The predicted octanol–water partition coefficient (Wildman–Crippen LogP) is 3.96. The van der Waals surface area contributed by atoms with E-state index in [-0.39, 0.29) is 12.2 Å². The number of nitrogens with zero attached hydrogens (tertiary/aromatic N) is 1. The summed E-state index contributed by atoms with van der Waals surface area (Å²) in [7, 11) is 0. The number of amides is 1. The Morgan fingerprint density at radius 1 is 1.17 bits per heavy atom. The van der Waals surface area contributed by atoms with Crippen LogP contribution in [0.3, 0.4) is 0 Å². The van der Waals surface area contributed by atoms with Gasteiger partial charge in [-0.1, -0.05) is 12.8 Å². The van der Waals surface area contributed by atoms with Gasteiger partial charge in [0.1, 0.15) is 5.60 Å². The lowest BCUT2D eigenvalue weighted by Gasteiger charge is -2.44. The Hall–Kier alpha value is -0.770. The lowest BCUT2D eigenvalue weighted by molar-refractivity contribution is 0.00934. The summed E-state index contributed by atoms with van der Waals surface area (Å²) in [5, 5.41) is 9.92. The molecular weight excluding hydrogens is 290 g/mol. The van der Waals surface area contributed by atoms with Crippen molar-refractivity contribution in [2.45, 2.75) is 83.8 Å². The highest BCUT2D eigenvalue weighted by molar-refractivity contribution is 5.68. The molecular formula is C19H33NO3. The SMILES string of the molecule is CC(C)(C)OC(=O)N1CCC(C2(CC3CC3)CCC(O)CC2)C1. The molecule has 1 saturated heterocycles. The molecule has 1 aliphatic heterocycles. The number of carbonyl (C=O) groups excluding carboxylic acids is 1. The zero-order valence-electron chi connectivity index (χ0n) is 15.0. The summed E-state index contributed by atoms with van der Waals surface area (Å²) >= 11 is 0. The summed E-state index contributed by atoms with van der Waals surface area (Å²) in [6.45, 7) is 7.45. The van der Waals surface area contributed by atoms with Gasteiger partial charge >= 0.3 is 6.09 Å². The predicted molar refractivity (Wildman–Crippen MR) is 90.2 cm³/mol. The molecule has 0 bridgehead atoms. The van der Waals surface area contributed by atoms with Crippen LogP contribution in [0.15, 0.2) is 0 Å². The normalized spacial score (nSPS) is 35.4. The number of rotatable bonds is 3. The molecule has 4 nitrogen and oxygen atoms in total.